The van der Waals surface area contributed by atoms with Crippen molar-refractivity contribution in [1.29, 1.82) is 0 Å². The van der Waals surface area contributed by atoms with Crippen molar-refractivity contribution in [3.63, 3.8) is 0 Å². The van der Waals surface area contributed by atoms with Crippen LogP contribution in [-0.2, 0) is 6.54 Å². The molecule has 1 N–H and O–H groups in total. The van der Waals surface area contributed by atoms with E-state index in [9.17, 15) is 10.1 Å². The third-order valence-electron chi connectivity index (χ3n) is 2.82. The van der Waals surface area contributed by atoms with Crippen molar-refractivity contribution in [1.82, 2.24) is 15.5 Å². The Kier molecular flexibility index (Phi) is 4.75. The van der Waals surface area contributed by atoms with E-state index in [1.54, 1.807) is 25.1 Å². The van der Waals surface area contributed by atoms with Crippen molar-refractivity contribution >= 4 is 17.0 Å². The standard InChI is InChI=1S/C13H16N4O2S/c1-3-7-14-8-11-15-16-13(20-11)10-6-4-5-9(2)12(10)17(18)19/h4-6,14H,3,7-8H2,1-2H3. The van der Waals surface area contributed by atoms with Crippen molar-refractivity contribution in [3.05, 3.63) is 38.9 Å². The van der Waals surface area contributed by atoms with Crippen LogP contribution in [-0.4, -0.2) is 21.7 Å². The van der Waals surface area contributed by atoms with Gasteiger partial charge in [-0.15, -0.1) is 10.2 Å². The number of nitrogens with one attached hydrogen (secondary N) is 1. The first-order chi connectivity index (χ1) is 9.63. The minimum absolute atomic E-state index is 0.108. The number of aromatic nitrogens is 2. The average Bonchev–Trinajstić information content (AvgIpc) is 2.87. The maximum absolute atomic E-state index is 11.2. The van der Waals surface area contributed by atoms with Crippen LogP contribution in [0.3, 0.4) is 0 Å². The first kappa shape index (κ1) is 14.5. The Balaban J connectivity index is 2.28. The molecule has 0 spiro atoms. The third kappa shape index (κ3) is 3.17. The van der Waals surface area contributed by atoms with Gasteiger partial charge in [0.15, 0.2) is 5.01 Å². The number of hydrogen-bond acceptors (Lipinski definition) is 6. The number of hydrogen-bond donors (Lipinski definition) is 1. The topological polar surface area (TPSA) is 81.0 Å². The molecule has 0 amide bonds. The molecule has 6 nitrogen and oxygen atoms in total. The maximum atomic E-state index is 11.2. The van der Waals surface area contributed by atoms with Gasteiger partial charge in [-0.25, -0.2) is 0 Å². The molecule has 0 saturated carbocycles. The lowest BCUT2D eigenvalue weighted by Crippen LogP contribution is -2.13. The van der Waals surface area contributed by atoms with Crippen LogP contribution in [0.1, 0.15) is 23.9 Å². The monoisotopic (exact) mass is 292 g/mol. The molecule has 0 aliphatic carbocycles. The summed E-state index contributed by atoms with van der Waals surface area (Å²) in [5, 5.41) is 24.0. The van der Waals surface area contributed by atoms with E-state index in [-0.39, 0.29) is 10.6 Å². The number of aryl methyl sites for hydroxylation is 1. The molecule has 0 atom stereocenters. The minimum Gasteiger partial charge on any atom is -0.310 e. The third-order valence-corrected chi connectivity index (χ3v) is 3.78. The summed E-state index contributed by atoms with van der Waals surface area (Å²) >= 11 is 1.39. The first-order valence-corrected chi connectivity index (χ1v) is 7.22. The lowest BCUT2D eigenvalue weighted by atomic mass is 10.1. The van der Waals surface area contributed by atoms with Gasteiger partial charge in [0, 0.05) is 12.1 Å². The van der Waals surface area contributed by atoms with Crippen molar-refractivity contribution in [3.8, 4) is 10.6 Å². The van der Waals surface area contributed by atoms with Crippen molar-refractivity contribution in [2.45, 2.75) is 26.8 Å². The van der Waals surface area contributed by atoms with Crippen LogP contribution in [0.2, 0.25) is 0 Å². The van der Waals surface area contributed by atoms with Gasteiger partial charge >= 0.3 is 0 Å². The molecule has 2 aromatic rings. The highest BCUT2D eigenvalue weighted by atomic mass is 32.1. The zero-order valence-electron chi connectivity index (χ0n) is 11.4. The Hall–Kier alpha value is -1.86. The van der Waals surface area contributed by atoms with Crippen molar-refractivity contribution in [2.24, 2.45) is 0 Å². The zero-order chi connectivity index (χ0) is 14.5. The fourth-order valence-electron chi connectivity index (χ4n) is 1.88. The molecular weight excluding hydrogens is 276 g/mol. The molecule has 0 fully saturated rings. The SMILES string of the molecule is CCCNCc1nnc(-c2cccc(C)c2[N+](=O)[O-])s1. The van der Waals surface area contributed by atoms with Gasteiger partial charge in [-0.2, -0.15) is 0 Å². The lowest BCUT2D eigenvalue weighted by molar-refractivity contribution is -0.384. The van der Waals surface area contributed by atoms with Gasteiger partial charge in [-0.05, 0) is 26.0 Å². The second-order valence-corrected chi connectivity index (χ2v) is 5.47. The summed E-state index contributed by atoms with van der Waals surface area (Å²) in [6.45, 7) is 5.38. The number of nitrogens with zero attached hydrogens (tertiary/aromatic N) is 3. The van der Waals surface area contributed by atoms with E-state index in [0.29, 0.717) is 22.7 Å². The highest BCUT2D eigenvalue weighted by Gasteiger charge is 2.21. The molecule has 0 saturated heterocycles. The fraction of sp³-hybridized carbons (Fsp3) is 0.385. The average molecular weight is 292 g/mol. The smallest absolute Gasteiger partial charge is 0.282 e. The van der Waals surface area contributed by atoms with Crippen LogP contribution in [0.15, 0.2) is 18.2 Å². The number of para-hydroxylation sites is 1. The van der Waals surface area contributed by atoms with Crippen LogP contribution in [0.4, 0.5) is 5.69 Å². The first-order valence-electron chi connectivity index (χ1n) is 6.41. The molecule has 20 heavy (non-hydrogen) atoms. The van der Waals surface area contributed by atoms with E-state index < -0.39 is 0 Å². The second kappa shape index (κ2) is 6.53. The van der Waals surface area contributed by atoms with Gasteiger partial charge < -0.3 is 5.32 Å². The summed E-state index contributed by atoms with van der Waals surface area (Å²) in [6, 6.07) is 5.25. The molecule has 1 aromatic heterocycles. The largest absolute Gasteiger partial charge is 0.310 e. The van der Waals surface area contributed by atoms with Crippen LogP contribution in [0.5, 0.6) is 0 Å². The Morgan fingerprint density at radius 2 is 2.20 bits per heavy atom. The molecular formula is C13H16N4O2S. The van der Waals surface area contributed by atoms with Gasteiger partial charge in [0.05, 0.1) is 10.5 Å². The second-order valence-electron chi connectivity index (χ2n) is 4.41. The van der Waals surface area contributed by atoms with E-state index in [4.69, 9.17) is 0 Å². The molecule has 0 bridgehead atoms. The number of nitro groups is 1. The highest BCUT2D eigenvalue weighted by Crippen LogP contribution is 2.34. The zero-order valence-corrected chi connectivity index (χ0v) is 12.2. The molecule has 0 unspecified atom stereocenters. The van der Waals surface area contributed by atoms with Gasteiger partial charge in [0.2, 0.25) is 0 Å². The highest BCUT2D eigenvalue weighted by molar-refractivity contribution is 7.14. The minimum atomic E-state index is -0.360. The molecule has 0 aliphatic rings. The van der Waals surface area contributed by atoms with Crippen LogP contribution >= 0.6 is 11.3 Å². The summed E-state index contributed by atoms with van der Waals surface area (Å²) in [5.74, 6) is 0. The number of nitro benzene ring substituents is 1. The van der Waals surface area contributed by atoms with E-state index in [1.807, 2.05) is 0 Å². The van der Waals surface area contributed by atoms with Gasteiger partial charge in [0.25, 0.3) is 5.69 Å². The van der Waals surface area contributed by atoms with Crippen LogP contribution < -0.4 is 5.32 Å². The maximum Gasteiger partial charge on any atom is 0.282 e. The molecule has 7 heteroatoms. The van der Waals surface area contributed by atoms with Crippen LogP contribution in [0, 0.1) is 17.0 Å². The lowest BCUT2D eigenvalue weighted by Gasteiger charge is -2.01. The Morgan fingerprint density at radius 3 is 2.90 bits per heavy atom. The molecule has 2 rings (SSSR count). The van der Waals surface area contributed by atoms with Gasteiger partial charge in [-0.3, -0.25) is 10.1 Å². The van der Waals surface area contributed by atoms with Crippen molar-refractivity contribution in [2.75, 3.05) is 6.54 Å². The number of rotatable bonds is 6. The fourth-order valence-corrected chi connectivity index (χ4v) is 2.72. The molecule has 0 aliphatic heterocycles. The predicted molar refractivity (Wildman–Crippen MR) is 78.7 cm³/mol. The quantitative estimate of drug-likeness (QED) is 0.503. The Bertz CT molecular complexity index is 612. The molecule has 1 aromatic carbocycles. The van der Waals surface area contributed by atoms with Crippen LogP contribution in [0.25, 0.3) is 10.6 Å². The summed E-state index contributed by atoms with van der Waals surface area (Å²) in [4.78, 5) is 10.8. The molecule has 106 valence electrons. The van der Waals surface area contributed by atoms with Crippen molar-refractivity contribution < 1.29 is 4.92 Å². The summed E-state index contributed by atoms with van der Waals surface area (Å²) in [7, 11) is 0. The van der Waals surface area contributed by atoms with Gasteiger partial charge in [0.1, 0.15) is 5.01 Å². The Labute approximate surface area is 121 Å². The van der Waals surface area contributed by atoms with E-state index in [1.165, 1.54) is 11.3 Å². The summed E-state index contributed by atoms with van der Waals surface area (Å²) in [5.41, 5.74) is 1.28. The summed E-state index contributed by atoms with van der Waals surface area (Å²) in [6.07, 6.45) is 1.05. The normalized spacial score (nSPS) is 10.7. The predicted octanol–water partition coefficient (Wildman–Crippen LogP) is 2.92. The van der Waals surface area contributed by atoms with E-state index >= 15 is 0 Å². The van der Waals surface area contributed by atoms with E-state index in [0.717, 1.165) is 18.0 Å². The molecule has 0 radical (unpaired) electrons. The summed E-state index contributed by atoms with van der Waals surface area (Å²) < 4.78 is 0. The van der Waals surface area contributed by atoms with Gasteiger partial charge in [-0.1, -0.05) is 30.4 Å². The molecule has 1 heterocycles. The Morgan fingerprint density at radius 1 is 1.40 bits per heavy atom. The van der Waals surface area contributed by atoms with E-state index in [2.05, 4.69) is 22.4 Å². The number of benzene rings is 1.